The minimum absolute atomic E-state index is 0.00632. The van der Waals surface area contributed by atoms with Crippen molar-refractivity contribution in [3.8, 4) is 17.1 Å². The first-order chi connectivity index (χ1) is 13.5. The summed E-state index contributed by atoms with van der Waals surface area (Å²) in [6.07, 6.45) is -0.0609. The summed E-state index contributed by atoms with van der Waals surface area (Å²) in [5.74, 6) is -0.238. The van der Waals surface area contributed by atoms with E-state index in [2.05, 4.69) is 6.92 Å². The number of ether oxygens (including phenoxy) is 1. The van der Waals surface area contributed by atoms with Crippen LogP contribution in [0.1, 0.15) is 48.4 Å². The average Bonchev–Trinajstić information content (AvgIpc) is 3.05. The molecule has 0 radical (unpaired) electrons. The molecule has 2 atom stereocenters. The number of rotatable bonds is 2. The van der Waals surface area contributed by atoms with Gasteiger partial charge in [-0.1, -0.05) is 13.8 Å². The smallest absolute Gasteiger partial charge is 0.257 e. The van der Waals surface area contributed by atoms with Gasteiger partial charge in [-0.25, -0.2) is 9.37 Å². The molecule has 0 saturated heterocycles. The number of benzene rings is 1. The lowest BCUT2D eigenvalue weighted by molar-refractivity contribution is -0.0790. The van der Waals surface area contributed by atoms with Crippen LogP contribution in [-0.2, 0) is 24.3 Å². The van der Waals surface area contributed by atoms with E-state index in [9.17, 15) is 14.3 Å². The number of phenols is 1. The Bertz CT molecular complexity index is 1180. The predicted octanol–water partition coefficient (Wildman–Crippen LogP) is 4.01. The Kier molecular flexibility index (Phi) is 3.81. The van der Waals surface area contributed by atoms with Gasteiger partial charge in [0.05, 0.1) is 30.1 Å². The van der Waals surface area contributed by atoms with Gasteiger partial charge < -0.3 is 14.4 Å². The summed E-state index contributed by atoms with van der Waals surface area (Å²) in [6.45, 7) is 4.41. The van der Waals surface area contributed by atoms with E-state index in [1.165, 1.54) is 0 Å². The van der Waals surface area contributed by atoms with Crippen molar-refractivity contribution in [1.29, 1.82) is 0 Å². The Balaban J connectivity index is 1.80. The van der Waals surface area contributed by atoms with Gasteiger partial charge in [0, 0.05) is 22.4 Å². The van der Waals surface area contributed by atoms with Gasteiger partial charge in [-0.05, 0) is 48.2 Å². The molecule has 2 aromatic heterocycles. The maximum atomic E-state index is 14.3. The molecule has 5 rings (SSSR count). The van der Waals surface area contributed by atoms with Crippen LogP contribution in [0.4, 0.5) is 4.39 Å². The van der Waals surface area contributed by atoms with Gasteiger partial charge in [0.2, 0.25) is 6.36 Å². The van der Waals surface area contributed by atoms with Gasteiger partial charge in [0.1, 0.15) is 5.75 Å². The molecule has 0 aliphatic carbocycles. The Morgan fingerprint density at radius 2 is 2.11 bits per heavy atom. The molecular weight excluding hydrogens is 359 g/mol. The van der Waals surface area contributed by atoms with Crippen LogP contribution in [0.25, 0.3) is 22.3 Å². The molecule has 6 heteroatoms. The summed E-state index contributed by atoms with van der Waals surface area (Å²) < 4.78 is 21.2. The minimum Gasteiger partial charge on any atom is -0.508 e. The molecule has 2 aliphatic heterocycles. The molecule has 28 heavy (non-hydrogen) atoms. The zero-order valence-corrected chi connectivity index (χ0v) is 15.8. The van der Waals surface area contributed by atoms with Crippen molar-refractivity contribution >= 4 is 10.9 Å². The van der Waals surface area contributed by atoms with Crippen molar-refractivity contribution in [2.75, 3.05) is 0 Å². The molecule has 0 saturated carbocycles. The fourth-order valence-corrected chi connectivity index (χ4v) is 4.66. The third-order valence-electron chi connectivity index (χ3n) is 6.08. The third-order valence-corrected chi connectivity index (χ3v) is 6.08. The van der Waals surface area contributed by atoms with E-state index < -0.39 is 12.3 Å². The molecule has 1 aromatic carbocycles. The molecule has 2 aliphatic rings. The highest BCUT2D eigenvalue weighted by Crippen LogP contribution is 2.40. The number of nitrogens with zero attached hydrogens (tertiary/aromatic N) is 2. The van der Waals surface area contributed by atoms with Crippen LogP contribution in [-0.4, -0.2) is 21.0 Å². The van der Waals surface area contributed by atoms with Crippen LogP contribution >= 0.6 is 0 Å². The predicted molar refractivity (Wildman–Crippen MR) is 104 cm³/mol. The number of hydrogen-bond acceptors (Lipinski definition) is 4. The first kappa shape index (κ1) is 17.4. The normalized spacial score (nSPS) is 20.1. The van der Waals surface area contributed by atoms with Crippen LogP contribution in [0.3, 0.4) is 0 Å². The van der Waals surface area contributed by atoms with Gasteiger partial charge in [0.25, 0.3) is 5.56 Å². The van der Waals surface area contributed by atoms with Crippen molar-refractivity contribution in [2.45, 2.75) is 52.1 Å². The number of aromatic hydroxyl groups is 1. The monoisotopic (exact) mass is 380 g/mol. The topological polar surface area (TPSA) is 64.4 Å². The number of halogens is 1. The molecule has 1 unspecified atom stereocenters. The standard InChI is InChI=1S/C22H21FN2O3/c1-3-12-15-7-11(26)5-6-18(15)24-20-16(12)9-25-19(20)8-14-13(4-2)21(23)28-10-17(14)22(25)27/h5-8,13,21,26H,3-4,9-10H2,1-2H3/t13?,21-/m1/s1. The van der Waals surface area contributed by atoms with Crippen LogP contribution in [0.2, 0.25) is 0 Å². The zero-order valence-electron chi connectivity index (χ0n) is 15.8. The molecule has 1 N–H and O–H groups in total. The van der Waals surface area contributed by atoms with Crippen molar-refractivity contribution in [2.24, 2.45) is 0 Å². The van der Waals surface area contributed by atoms with Gasteiger partial charge in [-0.3, -0.25) is 4.79 Å². The van der Waals surface area contributed by atoms with E-state index in [-0.39, 0.29) is 17.9 Å². The van der Waals surface area contributed by atoms with Crippen LogP contribution < -0.4 is 5.56 Å². The van der Waals surface area contributed by atoms with E-state index in [1.54, 1.807) is 22.8 Å². The Hall–Kier alpha value is -2.73. The quantitative estimate of drug-likeness (QED) is 0.571. The number of aromatic nitrogens is 2. The molecule has 144 valence electrons. The van der Waals surface area contributed by atoms with E-state index in [0.29, 0.717) is 18.5 Å². The highest BCUT2D eigenvalue weighted by Gasteiger charge is 2.35. The first-order valence-corrected chi connectivity index (χ1v) is 9.70. The average molecular weight is 380 g/mol. The number of aryl methyl sites for hydroxylation is 1. The summed E-state index contributed by atoms with van der Waals surface area (Å²) in [6, 6.07) is 7.08. The molecule has 0 spiro atoms. The molecule has 3 aromatic rings. The Morgan fingerprint density at radius 3 is 2.86 bits per heavy atom. The molecule has 0 fully saturated rings. The van der Waals surface area contributed by atoms with Gasteiger partial charge >= 0.3 is 0 Å². The van der Waals surface area contributed by atoms with Crippen molar-refractivity contribution in [3.63, 3.8) is 0 Å². The van der Waals surface area contributed by atoms with Crippen molar-refractivity contribution < 1.29 is 14.2 Å². The summed E-state index contributed by atoms with van der Waals surface area (Å²) in [5, 5.41) is 10.8. The van der Waals surface area contributed by atoms with Crippen molar-refractivity contribution in [3.05, 3.63) is 56.9 Å². The summed E-state index contributed by atoms with van der Waals surface area (Å²) >= 11 is 0. The zero-order chi connectivity index (χ0) is 19.6. The van der Waals surface area contributed by atoms with E-state index in [0.717, 1.165) is 45.4 Å². The number of pyridine rings is 2. The van der Waals surface area contributed by atoms with Gasteiger partial charge in [-0.15, -0.1) is 0 Å². The van der Waals surface area contributed by atoms with Gasteiger partial charge in [-0.2, -0.15) is 0 Å². The minimum atomic E-state index is -1.39. The lowest BCUT2D eigenvalue weighted by Gasteiger charge is -2.28. The van der Waals surface area contributed by atoms with E-state index in [4.69, 9.17) is 9.72 Å². The molecular formula is C22H21FN2O3. The first-order valence-electron chi connectivity index (χ1n) is 9.70. The number of hydrogen-bond donors (Lipinski definition) is 1. The van der Waals surface area contributed by atoms with Crippen LogP contribution in [0.15, 0.2) is 29.1 Å². The lowest BCUT2D eigenvalue weighted by Crippen LogP contribution is -2.33. The third kappa shape index (κ3) is 2.27. The number of phenolic OH excluding ortho intramolecular Hbond substituents is 1. The second-order valence-electron chi connectivity index (χ2n) is 7.50. The molecule has 0 amide bonds. The molecule has 5 nitrogen and oxygen atoms in total. The number of fused-ring (bicyclic) bond motifs is 5. The highest BCUT2D eigenvalue weighted by molar-refractivity contribution is 5.89. The maximum Gasteiger partial charge on any atom is 0.257 e. The number of alkyl halides is 1. The molecule has 0 bridgehead atoms. The largest absolute Gasteiger partial charge is 0.508 e. The Morgan fingerprint density at radius 1 is 1.29 bits per heavy atom. The summed E-state index contributed by atoms with van der Waals surface area (Å²) in [5.41, 5.74) is 5.58. The van der Waals surface area contributed by atoms with Crippen molar-refractivity contribution in [1.82, 2.24) is 9.55 Å². The Labute approximate surface area is 161 Å². The van der Waals surface area contributed by atoms with Crippen LogP contribution in [0.5, 0.6) is 5.75 Å². The fourth-order valence-electron chi connectivity index (χ4n) is 4.66. The SMILES string of the molecule is CCc1c2c(nc3ccc(O)cc13)-c1cc3c(c(=O)n1C2)CO[C@@H](F)C3CC. The highest BCUT2D eigenvalue weighted by atomic mass is 19.1. The summed E-state index contributed by atoms with van der Waals surface area (Å²) in [4.78, 5) is 18.0. The molecule has 4 heterocycles. The van der Waals surface area contributed by atoms with E-state index in [1.807, 2.05) is 13.0 Å². The summed E-state index contributed by atoms with van der Waals surface area (Å²) in [7, 11) is 0. The fraction of sp³-hybridized carbons (Fsp3) is 0.364. The van der Waals surface area contributed by atoms with E-state index >= 15 is 0 Å². The van der Waals surface area contributed by atoms with Crippen LogP contribution in [0, 0.1) is 0 Å². The second kappa shape index (κ2) is 6.14. The lowest BCUT2D eigenvalue weighted by atomic mass is 9.90. The maximum absolute atomic E-state index is 14.3. The second-order valence-corrected chi connectivity index (χ2v) is 7.50. The van der Waals surface area contributed by atoms with Gasteiger partial charge in [0.15, 0.2) is 0 Å².